The molecule has 2 aromatic carbocycles. The van der Waals surface area contributed by atoms with E-state index in [9.17, 15) is 14.4 Å². The Labute approximate surface area is 185 Å². The average Bonchev–Trinajstić information content (AvgIpc) is 3.55. The average molecular weight is 433 g/mol. The van der Waals surface area contributed by atoms with Gasteiger partial charge in [-0.1, -0.05) is 35.9 Å². The molecule has 2 bridgehead atoms. The Balaban J connectivity index is 1.29. The maximum atomic E-state index is 13.3. The molecule has 2 saturated carbocycles. The maximum absolute atomic E-state index is 13.3. The van der Waals surface area contributed by atoms with Gasteiger partial charge in [-0.05, 0) is 72.9 Å². The van der Waals surface area contributed by atoms with Crippen LogP contribution in [0.5, 0.6) is 0 Å². The van der Waals surface area contributed by atoms with E-state index in [1.54, 1.807) is 42.5 Å². The predicted molar refractivity (Wildman–Crippen MR) is 118 cm³/mol. The third-order valence-corrected chi connectivity index (χ3v) is 7.95. The van der Waals surface area contributed by atoms with Crippen molar-refractivity contribution in [3.05, 3.63) is 70.8 Å². The molecule has 1 N–H and O–H groups in total. The highest BCUT2D eigenvalue weighted by Crippen LogP contribution is 2.65. The number of imide groups is 1. The second-order valence-corrected chi connectivity index (χ2v) is 9.49. The lowest BCUT2D eigenvalue weighted by atomic mass is 9.63. The molecule has 6 heteroatoms. The molecule has 1 saturated heterocycles. The second kappa shape index (κ2) is 6.54. The van der Waals surface area contributed by atoms with E-state index in [1.807, 2.05) is 6.92 Å². The topological polar surface area (TPSA) is 66.5 Å². The van der Waals surface area contributed by atoms with Gasteiger partial charge in [-0.15, -0.1) is 0 Å². The zero-order valence-electron chi connectivity index (χ0n) is 16.9. The minimum atomic E-state index is -0.313. The summed E-state index contributed by atoms with van der Waals surface area (Å²) in [4.78, 5) is 40.8. The van der Waals surface area contributed by atoms with Crippen molar-refractivity contribution in [3.8, 4) is 0 Å². The summed E-state index contributed by atoms with van der Waals surface area (Å²) in [7, 11) is 0. The molecule has 6 atom stereocenters. The first-order chi connectivity index (χ1) is 15.0. The Morgan fingerprint density at radius 2 is 1.65 bits per heavy atom. The molecule has 7 rings (SSSR count). The van der Waals surface area contributed by atoms with E-state index in [4.69, 9.17) is 11.6 Å². The van der Waals surface area contributed by atoms with Crippen LogP contribution >= 0.6 is 11.6 Å². The minimum Gasteiger partial charge on any atom is -0.322 e. The van der Waals surface area contributed by atoms with E-state index >= 15 is 0 Å². The number of hydrogen-bond donors (Lipinski definition) is 1. The standard InChI is InChI=1S/C25H21ClN2O3/c1-12-19(26)6-3-7-20(12)27-23(29)13-4-2-5-14(10-13)28-24(30)21-15-8-9-16(18-11-17(15)18)22(21)25(28)31/h2-10,15-18,21-22H,11H2,1H3,(H,27,29). The number of benzene rings is 2. The first kappa shape index (κ1) is 18.8. The van der Waals surface area contributed by atoms with Crippen LogP contribution in [0.1, 0.15) is 22.3 Å². The van der Waals surface area contributed by atoms with Crippen LogP contribution in [-0.2, 0) is 9.59 Å². The van der Waals surface area contributed by atoms with Crippen LogP contribution in [0, 0.1) is 42.4 Å². The third kappa shape index (κ3) is 2.66. The number of nitrogens with one attached hydrogen (secondary N) is 1. The zero-order valence-corrected chi connectivity index (χ0v) is 17.7. The van der Waals surface area contributed by atoms with Gasteiger partial charge in [-0.2, -0.15) is 0 Å². The molecular formula is C25H21ClN2O3. The summed E-state index contributed by atoms with van der Waals surface area (Å²) in [5.74, 6) is 0.419. The largest absolute Gasteiger partial charge is 0.322 e. The number of carbonyl (C=O) groups excluding carboxylic acids is 3. The summed E-state index contributed by atoms with van der Waals surface area (Å²) in [6.45, 7) is 1.84. The molecule has 5 aliphatic rings. The smallest absolute Gasteiger partial charge is 0.255 e. The van der Waals surface area contributed by atoms with E-state index in [1.165, 1.54) is 4.90 Å². The number of rotatable bonds is 3. The number of carbonyl (C=O) groups is 3. The molecule has 6 unspecified atom stereocenters. The van der Waals surface area contributed by atoms with E-state index in [-0.39, 0.29) is 41.4 Å². The van der Waals surface area contributed by atoms with Crippen LogP contribution in [0.25, 0.3) is 0 Å². The highest BCUT2D eigenvalue weighted by atomic mass is 35.5. The van der Waals surface area contributed by atoms with Gasteiger partial charge in [0.25, 0.3) is 5.91 Å². The third-order valence-electron chi connectivity index (χ3n) is 7.55. The molecule has 3 fully saturated rings. The molecule has 2 aromatic rings. The quantitative estimate of drug-likeness (QED) is 0.575. The van der Waals surface area contributed by atoms with Crippen molar-refractivity contribution in [2.24, 2.45) is 35.5 Å². The monoisotopic (exact) mass is 432 g/mol. The first-order valence-corrected chi connectivity index (χ1v) is 11.1. The zero-order chi connectivity index (χ0) is 21.4. The Morgan fingerprint density at radius 3 is 2.32 bits per heavy atom. The lowest BCUT2D eigenvalue weighted by Gasteiger charge is -2.37. The normalized spacial score (nSPS) is 32.1. The highest BCUT2D eigenvalue weighted by molar-refractivity contribution is 6.31. The van der Waals surface area contributed by atoms with Crippen molar-refractivity contribution in [2.75, 3.05) is 10.2 Å². The molecule has 5 nitrogen and oxygen atoms in total. The van der Waals surface area contributed by atoms with Crippen molar-refractivity contribution < 1.29 is 14.4 Å². The van der Waals surface area contributed by atoms with Crippen LogP contribution in [0.3, 0.4) is 0 Å². The van der Waals surface area contributed by atoms with Crippen molar-refractivity contribution >= 4 is 40.7 Å². The maximum Gasteiger partial charge on any atom is 0.255 e. The van der Waals surface area contributed by atoms with Gasteiger partial charge in [0.05, 0.1) is 17.5 Å². The Kier molecular flexibility index (Phi) is 3.97. The van der Waals surface area contributed by atoms with Crippen molar-refractivity contribution in [3.63, 3.8) is 0 Å². The molecule has 0 spiro atoms. The molecule has 156 valence electrons. The van der Waals surface area contributed by atoms with Crippen LogP contribution in [-0.4, -0.2) is 17.7 Å². The van der Waals surface area contributed by atoms with Gasteiger partial charge in [-0.3, -0.25) is 14.4 Å². The molecule has 31 heavy (non-hydrogen) atoms. The van der Waals surface area contributed by atoms with Gasteiger partial charge >= 0.3 is 0 Å². The number of hydrogen-bond acceptors (Lipinski definition) is 3. The van der Waals surface area contributed by atoms with Crippen LogP contribution in [0.4, 0.5) is 11.4 Å². The lowest BCUT2D eigenvalue weighted by Crippen LogP contribution is -2.40. The number of anilines is 2. The van der Waals surface area contributed by atoms with E-state index in [0.29, 0.717) is 33.8 Å². The van der Waals surface area contributed by atoms with Crippen molar-refractivity contribution in [2.45, 2.75) is 13.3 Å². The number of halogens is 1. The fourth-order valence-electron chi connectivity index (χ4n) is 5.94. The van der Waals surface area contributed by atoms with Gasteiger partial charge < -0.3 is 5.32 Å². The van der Waals surface area contributed by atoms with E-state index in [0.717, 1.165) is 12.0 Å². The number of nitrogens with zero attached hydrogens (tertiary/aromatic N) is 1. The molecule has 0 aromatic heterocycles. The summed E-state index contributed by atoms with van der Waals surface area (Å²) in [6, 6.07) is 12.1. The molecule has 1 heterocycles. The van der Waals surface area contributed by atoms with Crippen LogP contribution in [0.15, 0.2) is 54.6 Å². The molecule has 1 aliphatic heterocycles. The fraction of sp³-hybridized carbons (Fsp3) is 0.320. The Hall–Kier alpha value is -2.92. The van der Waals surface area contributed by atoms with Gasteiger partial charge in [0, 0.05) is 16.3 Å². The van der Waals surface area contributed by atoms with Crippen molar-refractivity contribution in [1.29, 1.82) is 0 Å². The minimum absolute atomic E-state index is 0.122. The molecular weight excluding hydrogens is 412 g/mol. The SMILES string of the molecule is Cc1c(Cl)cccc1NC(=O)c1cccc(N2C(=O)C3C4C=CC(C5CC45)C3C2=O)c1. The summed E-state index contributed by atoms with van der Waals surface area (Å²) in [5, 5.41) is 3.44. The summed E-state index contributed by atoms with van der Waals surface area (Å²) in [5.41, 5.74) is 2.26. The Morgan fingerprint density at radius 1 is 1.00 bits per heavy atom. The van der Waals surface area contributed by atoms with Gasteiger partial charge in [0.15, 0.2) is 0 Å². The summed E-state index contributed by atoms with van der Waals surface area (Å²) < 4.78 is 0. The van der Waals surface area contributed by atoms with E-state index in [2.05, 4.69) is 17.5 Å². The number of amides is 3. The fourth-order valence-corrected chi connectivity index (χ4v) is 6.11. The van der Waals surface area contributed by atoms with Gasteiger partial charge in [-0.25, -0.2) is 4.90 Å². The summed E-state index contributed by atoms with van der Waals surface area (Å²) >= 11 is 6.15. The first-order valence-electron chi connectivity index (χ1n) is 10.7. The van der Waals surface area contributed by atoms with E-state index < -0.39 is 0 Å². The highest BCUT2D eigenvalue weighted by Gasteiger charge is 2.67. The second-order valence-electron chi connectivity index (χ2n) is 9.08. The van der Waals surface area contributed by atoms with Gasteiger partial charge in [0.2, 0.25) is 11.8 Å². The predicted octanol–water partition coefficient (Wildman–Crippen LogP) is 4.46. The molecule has 4 aliphatic carbocycles. The molecule has 0 radical (unpaired) electrons. The van der Waals surface area contributed by atoms with Crippen LogP contribution < -0.4 is 10.2 Å². The number of allylic oxidation sites excluding steroid dienone is 2. The Bertz CT molecular complexity index is 1150. The van der Waals surface area contributed by atoms with Gasteiger partial charge in [0.1, 0.15) is 0 Å². The van der Waals surface area contributed by atoms with Crippen LogP contribution in [0.2, 0.25) is 5.02 Å². The van der Waals surface area contributed by atoms with Crippen molar-refractivity contribution in [1.82, 2.24) is 0 Å². The lowest BCUT2D eigenvalue weighted by molar-refractivity contribution is -0.124. The molecule has 3 amide bonds. The summed E-state index contributed by atoms with van der Waals surface area (Å²) in [6.07, 6.45) is 5.45.